The molecule has 1 aliphatic heterocycles. The second-order valence-corrected chi connectivity index (χ2v) is 9.63. The van der Waals surface area contributed by atoms with Crippen molar-refractivity contribution in [2.45, 2.75) is 6.04 Å². The number of amides is 1. The largest absolute Gasteiger partial charge is 0.507 e. The van der Waals surface area contributed by atoms with Gasteiger partial charge in [0.15, 0.2) is 0 Å². The number of ether oxygens (including phenoxy) is 1. The number of imidazole rings is 1. The maximum absolute atomic E-state index is 13.6. The summed E-state index contributed by atoms with van der Waals surface area (Å²) in [4.78, 5) is 38.3. The molecule has 0 aliphatic carbocycles. The number of aromatic nitrogens is 2. The van der Waals surface area contributed by atoms with E-state index >= 15 is 0 Å². The number of carbonyl (C=O) groups excluding carboxylic acids is 2. The summed E-state index contributed by atoms with van der Waals surface area (Å²) < 4.78 is 5.32. The summed E-state index contributed by atoms with van der Waals surface area (Å²) in [5.74, 6) is -0.942. The number of carbonyl (C=O) groups is 2. The van der Waals surface area contributed by atoms with E-state index in [-0.39, 0.29) is 17.3 Å². The zero-order chi connectivity index (χ0) is 27.3. The van der Waals surface area contributed by atoms with Crippen molar-refractivity contribution in [3.8, 4) is 5.75 Å². The van der Waals surface area contributed by atoms with Gasteiger partial charge in [-0.3, -0.25) is 14.5 Å². The van der Waals surface area contributed by atoms with Crippen molar-refractivity contribution in [3.05, 3.63) is 102 Å². The van der Waals surface area contributed by atoms with Gasteiger partial charge in [0.25, 0.3) is 5.78 Å². The van der Waals surface area contributed by atoms with Gasteiger partial charge in [-0.15, -0.1) is 0 Å². The molecule has 2 heterocycles. The first kappa shape index (κ1) is 24.2. The standard InChI is InChI=1S/C31H26N4O4/c1-34(2)20-13-11-19(12-14-20)27-26(28(36)23-10-6-8-18-7-4-5-9-22(18)23)29(37)30(38)35(27)31-32-24-16-15-21(39-3)17-25(24)33-31/h4-17,27,36H,1-3H3,(H,32,33)/b28-26+. The molecular weight excluding hydrogens is 492 g/mol. The van der Waals surface area contributed by atoms with Gasteiger partial charge in [0.05, 0.1) is 29.8 Å². The molecule has 194 valence electrons. The highest BCUT2D eigenvalue weighted by molar-refractivity contribution is 6.51. The molecule has 0 spiro atoms. The molecule has 1 aromatic heterocycles. The summed E-state index contributed by atoms with van der Waals surface area (Å²) in [6, 6.07) is 25.1. The Morgan fingerprint density at radius 1 is 0.974 bits per heavy atom. The Labute approximate surface area is 224 Å². The minimum atomic E-state index is -0.900. The average Bonchev–Trinajstić information content (AvgIpc) is 3.49. The number of aliphatic hydroxyl groups excluding tert-OH is 1. The Balaban J connectivity index is 1.58. The van der Waals surface area contributed by atoms with Crippen molar-refractivity contribution in [1.29, 1.82) is 0 Å². The number of nitrogens with one attached hydrogen (secondary N) is 1. The van der Waals surface area contributed by atoms with Gasteiger partial charge in [0.2, 0.25) is 5.95 Å². The highest BCUT2D eigenvalue weighted by Crippen LogP contribution is 2.43. The maximum Gasteiger partial charge on any atom is 0.302 e. The first-order chi connectivity index (χ1) is 18.9. The quantitative estimate of drug-likeness (QED) is 0.183. The Bertz CT molecular complexity index is 1780. The summed E-state index contributed by atoms with van der Waals surface area (Å²) >= 11 is 0. The molecule has 39 heavy (non-hydrogen) atoms. The second-order valence-electron chi connectivity index (χ2n) is 9.63. The number of benzene rings is 4. The van der Waals surface area contributed by atoms with E-state index in [1.54, 1.807) is 31.4 Å². The van der Waals surface area contributed by atoms with Crippen LogP contribution in [0.25, 0.3) is 27.6 Å². The molecule has 6 rings (SSSR count). The topological polar surface area (TPSA) is 98.8 Å². The van der Waals surface area contributed by atoms with Crippen LogP contribution in [-0.4, -0.2) is 48.0 Å². The highest BCUT2D eigenvalue weighted by atomic mass is 16.5. The summed E-state index contributed by atoms with van der Waals surface area (Å²) in [6.45, 7) is 0. The number of ketones is 1. The van der Waals surface area contributed by atoms with Crippen LogP contribution in [0.5, 0.6) is 5.75 Å². The van der Waals surface area contributed by atoms with Crippen molar-refractivity contribution in [1.82, 2.24) is 9.97 Å². The van der Waals surface area contributed by atoms with Gasteiger partial charge in [0.1, 0.15) is 11.5 Å². The minimum Gasteiger partial charge on any atom is -0.507 e. The fourth-order valence-electron chi connectivity index (χ4n) is 5.11. The van der Waals surface area contributed by atoms with Crippen molar-refractivity contribution < 1.29 is 19.4 Å². The number of hydrogen-bond acceptors (Lipinski definition) is 6. The normalized spacial score (nSPS) is 16.8. The Hall–Kier alpha value is -5.11. The molecule has 1 saturated heterocycles. The molecule has 0 bridgehead atoms. The molecule has 5 aromatic rings. The molecule has 0 radical (unpaired) electrons. The van der Waals surface area contributed by atoms with Crippen LogP contribution in [0.1, 0.15) is 17.2 Å². The number of anilines is 2. The lowest BCUT2D eigenvalue weighted by Gasteiger charge is -2.24. The number of aromatic amines is 1. The number of fused-ring (bicyclic) bond motifs is 2. The van der Waals surface area contributed by atoms with Gasteiger partial charge >= 0.3 is 5.91 Å². The van der Waals surface area contributed by atoms with Crippen LogP contribution in [0.4, 0.5) is 11.6 Å². The van der Waals surface area contributed by atoms with Crippen molar-refractivity contribution >= 4 is 50.9 Å². The zero-order valence-corrected chi connectivity index (χ0v) is 21.7. The third kappa shape index (κ3) is 3.97. The van der Waals surface area contributed by atoms with E-state index in [4.69, 9.17) is 4.74 Å². The van der Waals surface area contributed by atoms with Crippen LogP contribution in [0.15, 0.2) is 90.5 Å². The third-order valence-electron chi connectivity index (χ3n) is 7.12. The van der Waals surface area contributed by atoms with Crippen LogP contribution in [0, 0.1) is 0 Å². The molecule has 4 aromatic carbocycles. The average molecular weight is 519 g/mol. The smallest absolute Gasteiger partial charge is 0.302 e. The summed E-state index contributed by atoms with van der Waals surface area (Å²) in [5, 5.41) is 13.4. The van der Waals surface area contributed by atoms with Crippen molar-refractivity contribution in [2.75, 3.05) is 31.0 Å². The number of methoxy groups -OCH3 is 1. The summed E-state index contributed by atoms with van der Waals surface area (Å²) in [6.07, 6.45) is 0. The molecule has 1 aliphatic rings. The Kier molecular flexibility index (Phi) is 5.80. The molecule has 0 saturated carbocycles. The lowest BCUT2D eigenvalue weighted by atomic mass is 9.93. The maximum atomic E-state index is 13.6. The summed E-state index contributed by atoms with van der Waals surface area (Å²) in [5.41, 5.74) is 3.38. The van der Waals surface area contributed by atoms with Gasteiger partial charge in [-0.2, -0.15) is 0 Å². The number of rotatable bonds is 5. The zero-order valence-electron chi connectivity index (χ0n) is 21.7. The van der Waals surface area contributed by atoms with E-state index in [9.17, 15) is 14.7 Å². The van der Waals surface area contributed by atoms with Gasteiger partial charge in [-0.25, -0.2) is 4.98 Å². The first-order valence-electron chi connectivity index (χ1n) is 12.5. The molecular formula is C31H26N4O4. The fourth-order valence-corrected chi connectivity index (χ4v) is 5.11. The predicted octanol–water partition coefficient (Wildman–Crippen LogP) is 5.42. The van der Waals surface area contributed by atoms with E-state index in [2.05, 4.69) is 9.97 Å². The fraction of sp³-hybridized carbons (Fsp3) is 0.129. The molecule has 1 amide bonds. The Morgan fingerprint density at radius 2 is 1.72 bits per heavy atom. The van der Waals surface area contributed by atoms with Crippen LogP contribution >= 0.6 is 0 Å². The van der Waals surface area contributed by atoms with Gasteiger partial charge in [0, 0.05) is 31.4 Å². The number of aliphatic hydroxyl groups is 1. The third-order valence-corrected chi connectivity index (χ3v) is 7.12. The molecule has 1 fully saturated rings. The predicted molar refractivity (Wildman–Crippen MR) is 152 cm³/mol. The monoisotopic (exact) mass is 518 g/mol. The van der Waals surface area contributed by atoms with Gasteiger partial charge in [-0.1, -0.05) is 54.6 Å². The number of hydrogen-bond donors (Lipinski definition) is 2. The van der Waals surface area contributed by atoms with E-state index in [1.165, 1.54) is 4.90 Å². The molecule has 8 heteroatoms. The van der Waals surface area contributed by atoms with Crippen LogP contribution in [-0.2, 0) is 9.59 Å². The van der Waals surface area contributed by atoms with Crippen LogP contribution < -0.4 is 14.5 Å². The van der Waals surface area contributed by atoms with E-state index in [0.29, 0.717) is 27.9 Å². The lowest BCUT2D eigenvalue weighted by Crippen LogP contribution is -2.30. The van der Waals surface area contributed by atoms with E-state index in [0.717, 1.165) is 16.5 Å². The van der Waals surface area contributed by atoms with E-state index < -0.39 is 17.7 Å². The van der Waals surface area contributed by atoms with Crippen molar-refractivity contribution in [3.63, 3.8) is 0 Å². The number of Topliss-reactive ketones (excluding diaryl/α,β-unsaturated/α-hetero) is 1. The second kappa shape index (κ2) is 9.33. The molecule has 2 N–H and O–H groups in total. The molecule has 8 nitrogen and oxygen atoms in total. The van der Waals surface area contributed by atoms with Gasteiger partial charge < -0.3 is 19.7 Å². The summed E-state index contributed by atoms with van der Waals surface area (Å²) in [7, 11) is 5.44. The SMILES string of the molecule is COc1ccc2nc(N3C(=O)C(=O)/C(=C(/O)c4cccc5ccccc45)C3c3ccc(N(C)C)cc3)[nH]c2c1. The molecule has 1 unspecified atom stereocenters. The van der Waals surface area contributed by atoms with E-state index in [1.807, 2.05) is 79.7 Å². The lowest BCUT2D eigenvalue weighted by molar-refractivity contribution is -0.132. The molecule has 1 atom stereocenters. The van der Waals surface area contributed by atoms with Gasteiger partial charge in [-0.05, 0) is 40.6 Å². The van der Waals surface area contributed by atoms with Crippen LogP contribution in [0.3, 0.4) is 0 Å². The minimum absolute atomic E-state index is 0.00647. The van der Waals surface area contributed by atoms with Crippen LogP contribution in [0.2, 0.25) is 0 Å². The Morgan fingerprint density at radius 3 is 2.46 bits per heavy atom. The number of H-pyrrole nitrogens is 1. The highest BCUT2D eigenvalue weighted by Gasteiger charge is 2.48. The number of nitrogens with zero attached hydrogens (tertiary/aromatic N) is 3. The first-order valence-corrected chi connectivity index (χ1v) is 12.5. The van der Waals surface area contributed by atoms with Crippen molar-refractivity contribution in [2.24, 2.45) is 0 Å².